The van der Waals surface area contributed by atoms with Crippen molar-refractivity contribution in [1.29, 1.82) is 0 Å². The van der Waals surface area contributed by atoms with Gasteiger partial charge in [0.25, 0.3) is 0 Å². The minimum atomic E-state index is -4.47. The fourth-order valence-corrected chi connectivity index (χ4v) is 4.65. The van der Waals surface area contributed by atoms with Gasteiger partial charge in [-0.1, -0.05) is 12.1 Å². The van der Waals surface area contributed by atoms with Crippen LogP contribution in [0.3, 0.4) is 0 Å². The third kappa shape index (κ3) is 4.41. The molecule has 0 spiro atoms. The van der Waals surface area contributed by atoms with E-state index in [-0.39, 0.29) is 23.1 Å². The Hall–Kier alpha value is -3.31. The van der Waals surface area contributed by atoms with E-state index in [4.69, 9.17) is 10.5 Å². The molecule has 5 rings (SSSR count). The molecule has 0 radical (unpaired) electrons. The van der Waals surface area contributed by atoms with Crippen LogP contribution in [0.1, 0.15) is 24.9 Å². The van der Waals surface area contributed by atoms with E-state index in [2.05, 4.69) is 15.2 Å². The predicted molar refractivity (Wildman–Crippen MR) is 122 cm³/mol. The van der Waals surface area contributed by atoms with E-state index in [0.717, 1.165) is 0 Å². The first-order chi connectivity index (χ1) is 16.8. The number of pyridine rings is 2. The van der Waals surface area contributed by atoms with Gasteiger partial charge in [-0.2, -0.15) is 13.2 Å². The summed E-state index contributed by atoms with van der Waals surface area (Å²) in [6, 6.07) is 7.33. The topological polar surface area (TPSA) is 81.6 Å². The molecule has 0 amide bonds. The summed E-state index contributed by atoms with van der Waals surface area (Å²) in [5.74, 6) is -0.0913. The maximum absolute atomic E-state index is 14.2. The second kappa shape index (κ2) is 9.04. The van der Waals surface area contributed by atoms with Crippen LogP contribution < -0.4 is 10.5 Å². The lowest BCUT2D eigenvalue weighted by Gasteiger charge is -2.30. The van der Waals surface area contributed by atoms with Crippen LogP contribution in [0, 0.1) is 11.7 Å². The van der Waals surface area contributed by atoms with Gasteiger partial charge in [0.2, 0.25) is 0 Å². The number of halogens is 4. The molecule has 35 heavy (non-hydrogen) atoms. The summed E-state index contributed by atoms with van der Waals surface area (Å²) in [6.07, 6.45) is -2.42. The van der Waals surface area contributed by atoms with Gasteiger partial charge < -0.3 is 10.5 Å². The van der Waals surface area contributed by atoms with Gasteiger partial charge in [-0.05, 0) is 56.1 Å². The summed E-state index contributed by atoms with van der Waals surface area (Å²) in [7, 11) is 0. The van der Waals surface area contributed by atoms with Crippen molar-refractivity contribution in [2.45, 2.75) is 25.6 Å². The Morgan fingerprint density at radius 3 is 2.71 bits per heavy atom. The summed E-state index contributed by atoms with van der Waals surface area (Å²) in [5.41, 5.74) is 7.04. The second-order valence-electron chi connectivity index (χ2n) is 8.65. The van der Waals surface area contributed by atoms with Crippen LogP contribution in [0.25, 0.3) is 28.1 Å². The van der Waals surface area contributed by atoms with Crippen molar-refractivity contribution in [3.8, 4) is 17.3 Å². The van der Waals surface area contributed by atoms with Crippen molar-refractivity contribution < 1.29 is 22.3 Å². The minimum Gasteiger partial charge on any atom is -0.491 e. The molecule has 1 saturated heterocycles. The van der Waals surface area contributed by atoms with Crippen molar-refractivity contribution in [3.05, 3.63) is 54.0 Å². The highest BCUT2D eigenvalue weighted by molar-refractivity contribution is 5.82. The molecular formula is C24H24F4N6O. The van der Waals surface area contributed by atoms with Crippen molar-refractivity contribution in [2.75, 3.05) is 26.2 Å². The SMILES string of the molecule is CCOc1cc2nc(-c3nnc4ccc(C(N5CCC(CN)C5)C(F)(F)F)cn34)ccc2cc1F. The average molecular weight is 488 g/mol. The average Bonchev–Trinajstić information content (AvgIpc) is 3.46. The highest BCUT2D eigenvalue weighted by atomic mass is 19.4. The first-order valence-corrected chi connectivity index (χ1v) is 11.4. The highest BCUT2D eigenvalue weighted by Gasteiger charge is 2.46. The summed E-state index contributed by atoms with van der Waals surface area (Å²) < 4.78 is 63.6. The molecule has 3 aromatic heterocycles. The molecule has 2 atom stereocenters. The molecular weight excluding hydrogens is 464 g/mol. The molecule has 2 N–H and O–H groups in total. The quantitative estimate of drug-likeness (QED) is 0.406. The number of benzene rings is 1. The van der Waals surface area contributed by atoms with Crippen LogP contribution in [0.5, 0.6) is 5.75 Å². The Balaban J connectivity index is 1.57. The molecule has 0 aliphatic carbocycles. The zero-order chi connectivity index (χ0) is 24.7. The molecule has 11 heteroatoms. The minimum absolute atomic E-state index is 0.0438. The smallest absolute Gasteiger partial charge is 0.408 e. The van der Waals surface area contributed by atoms with Crippen LogP contribution >= 0.6 is 0 Å². The monoisotopic (exact) mass is 488 g/mol. The van der Waals surface area contributed by atoms with Crippen LogP contribution in [-0.4, -0.2) is 56.9 Å². The van der Waals surface area contributed by atoms with E-state index in [1.165, 1.54) is 39.8 Å². The normalized spacial score (nSPS) is 17.9. The first kappa shape index (κ1) is 23.4. The molecule has 4 heterocycles. The van der Waals surface area contributed by atoms with Crippen LogP contribution in [0.2, 0.25) is 0 Å². The summed E-state index contributed by atoms with van der Waals surface area (Å²) in [6.45, 7) is 3.02. The van der Waals surface area contributed by atoms with E-state index in [1.54, 1.807) is 19.1 Å². The van der Waals surface area contributed by atoms with Gasteiger partial charge in [0.1, 0.15) is 11.7 Å². The van der Waals surface area contributed by atoms with Gasteiger partial charge in [0, 0.05) is 24.2 Å². The van der Waals surface area contributed by atoms with E-state index in [9.17, 15) is 17.6 Å². The number of nitrogens with zero attached hydrogens (tertiary/aromatic N) is 5. The third-order valence-electron chi connectivity index (χ3n) is 6.34. The van der Waals surface area contributed by atoms with Gasteiger partial charge >= 0.3 is 6.18 Å². The zero-order valence-corrected chi connectivity index (χ0v) is 19.0. The third-order valence-corrected chi connectivity index (χ3v) is 6.34. The number of aromatic nitrogens is 4. The Labute approximate surface area is 198 Å². The van der Waals surface area contributed by atoms with Crippen LogP contribution in [-0.2, 0) is 0 Å². The highest BCUT2D eigenvalue weighted by Crippen LogP contribution is 2.40. The lowest BCUT2D eigenvalue weighted by molar-refractivity contribution is -0.184. The number of ether oxygens (including phenoxy) is 1. The number of nitrogens with two attached hydrogens (primary N) is 1. The maximum atomic E-state index is 14.2. The molecule has 0 bridgehead atoms. The fraction of sp³-hybridized carbons (Fsp3) is 0.375. The van der Waals surface area contributed by atoms with E-state index in [1.807, 2.05) is 0 Å². The summed E-state index contributed by atoms with van der Waals surface area (Å²) >= 11 is 0. The summed E-state index contributed by atoms with van der Waals surface area (Å²) in [5, 5.41) is 8.83. The van der Waals surface area contributed by atoms with E-state index >= 15 is 0 Å². The van der Waals surface area contributed by atoms with Crippen molar-refractivity contribution in [2.24, 2.45) is 11.7 Å². The molecule has 184 valence electrons. The van der Waals surface area contributed by atoms with Gasteiger partial charge in [-0.25, -0.2) is 9.37 Å². The summed E-state index contributed by atoms with van der Waals surface area (Å²) in [4.78, 5) is 5.99. The van der Waals surface area contributed by atoms with Gasteiger partial charge in [-0.15, -0.1) is 10.2 Å². The van der Waals surface area contributed by atoms with Crippen molar-refractivity contribution >= 4 is 16.6 Å². The Morgan fingerprint density at radius 2 is 2.00 bits per heavy atom. The number of rotatable bonds is 6. The molecule has 2 unspecified atom stereocenters. The molecule has 4 aromatic rings. The molecule has 1 aliphatic heterocycles. The lowest BCUT2D eigenvalue weighted by atomic mass is 10.1. The number of hydrogen-bond donors (Lipinski definition) is 1. The molecule has 1 aromatic carbocycles. The van der Waals surface area contributed by atoms with Crippen molar-refractivity contribution in [1.82, 2.24) is 24.5 Å². The number of hydrogen-bond acceptors (Lipinski definition) is 6. The molecule has 7 nitrogen and oxygen atoms in total. The number of fused-ring (bicyclic) bond motifs is 2. The zero-order valence-electron chi connectivity index (χ0n) is 19.0. The largest absolute Gasteiger partial charge is 0.491 e. The van der Waals surface area contributed by atoms with Gasteiger partial charge in [0.15, 0.2) is 23.0 Å². The lowest BCUT2D eigenvalue weighted by Crippen LogP contribution is -2.37. The predicted octanol–water partition coefficient (Wildman–Crippen LogP) is 4.37. The first-order valence-electron chi connectivity index (χ1n) is 11.4. The molecule has 1 aliphatic rings. The second-order valence-corrected chi connectivity index (χ2v) is 8.65. The molecule has 1 fully saturated rings. The fourth-order valence-electron chi connectivity index (χ4n) is 4.65. The van der Waals surface area contributed by atoms with E-state index < -0.39 is 18.0 Å². The van der Waals surface area contributed by atoms with Crippen LogP contribution in [0.4, 0.5) is 17.6 Å². The number of likely N-dealkylation sites (tertiary alicyclic amines) is 1. The molecule has 0 saturated carbocycles. The van der Waals surface area contributed by atoms with Crippen LogP contribution in [0.15, 0.2) is 42.6 Å². The Kier molecular flexibility index (Phi) is 6.06. The Morgan fingerprint density at radius 1 is 1.17 bits per heavy atom. The Bertz CT molecular complexity index is 1370. The van der Waals surface area contributed by atoms with Crippen molar-refractivity contribution in [3.63, 3.8) is 0 Å². The standard InChI is InChI=1S/C24H24F4N6O/c1-2-35-20-10-19-15(9-17(20)25)3-5-18(30-19)23-32-31-21-6-4-16(13-34(21)23)22(24(26,27)28)33-8-7-14(11-29)12-33/h3-6,9-10,13-14,22H,2,7-8,11-12,29H2,1H3. The maximum Gasteiger partial charge on any atom is 0.408 e. The van der Waals surface area contributed by atoms with Gasteiger partial charge in [-0.3, -0.25) is 9.30 Å². The van der Waals surface area contributed by atoms with Gasteiger partial charge in [0.05, 0.1) is 12.1 Å². The number of alkyl halides is 3. The van der Waals surface area contributed by atoms with E-state index in [0.29, 0.717) is 54.9 Å².